The van der Waals surface area contributed by atoms with Crippen molar-refractivity contribution in [2.24, 2.45) is 0 Å². The highest BCUT2D eigenvalue weighted by Gasteiger charge is 2.11. The summed E-state index contributed by atoms with van der Waals surface area (Å²) in [7, 11) is 0. The van der Waals surface area contributed by atoms with Gasteiger partial charge in [0.1, 0.15) is 0 Å². The summed E-state index contributed by atoms with van der Waals surface area (Å²) in [5, 5.41) is 4.86. The highest BCUT2D eigenvalue weighted by atomic mass is 16.2. The largest absolute Gasteiger partial charge is 0.322 e. The standard InChI is InChI=1S/C27H23N3O3/c1-18-6-4-10-22(16-18)26(32)28-23-14-12-20(13-15-23)27(33)30-29-25(31)17-21-9-5-8-19-7-2-3-11-24(19)21/h2-16H,17H2,1H3,(H,28,32)(H,29,31)(H,30,33). The minimum Gasteiger partial charge on any atom is -0.322 e. The highest BCUT2D eigenvalue weighted by Crippen LogP contribution is 2.19. The molecule has 0 unspecified atom stereocenters. The molecule has 0 aromatic heterocycles. The average molecular weight is 437 g/mol. The molecule has 0 aliphatic rings. The first-order valence-electron chi connectivity index (χ1n) is 10.5. The van der Waals surface area contributed by atoms with Gasteiger partial charge in [-0.15, -0.1) is 0 Å². The minimum absolute atomic E-state index is 0.144. The third kappa shape index (κ3) is 5.43. The van der Waals surface area contributed by atoms with Gasteiger partial charge >= 0.3 is 0 Å². The molecule has 3 N–H and O–H groups in total. The Bertz CT molecular complexity index is 1320. The van der Waals surface area contributed by atoms with E-state index in [9.17, 15) is 14.4 Å². The van der Waals surface area contributed by atoms with E-state index in [4.69, 9.17) is 0 Å². The number of carbonyl (C=O) groups excluding carboxylic acids is 3. The van der Waals surface area contributed by atoms with Crippen molar-refractivity contribution in [1.29, 1.82) is 0 Å². The predicted molar refractivity (Wildman–Crippen MR) is 129 cm³/mol. The van der Waals surface area contributed by atoms with E-state index in [0.29, 0.717) is 16.8 Å². The van der Waals surface area contributed by atoms with Gasteiger partial charge in [0.05, 0.1) is 6.42 Å². The van der Waals surface area contributed by atoms with Crippen LogP contribution < -0.4 is 16.2 Å². The van der Waals surface area contributed by atoms with Crippen LogP contribution in [0.5, 0.6) is 0 Å². The first-order chi connectivity index (χ1) is 16.0. The number of aryl methyl sites for hydroxylation is 1. The van der Waals surface area contributed by atoms with Gasteiger partial charge in [0.2, 0.25) is 5.91 Å². The number of carbonyl (C=O) groups is 3. The second-order valence-electron chi connectivity index (χ2n) is 7.72. The lowest BCUT2D eigenvalue weighted by molar-refractivity contribution is -0.121. The van der Waals surface area contributed by atoms with Crippen molar-refractivity contribution in [3.8, 4) is 0 Å². The summed E-state index contributed by atoms with van der Waals surface area (Å²) in [4.78, 5) is 37.1. The van der Waals surface area contributed by atoms with Gasteiger partial charge in [-0.2, -0.15) is 0 Å². The molecule has 6 heteroatoms. The monoisotopic (exact) mass is 437 g/mol. The Kier molecular flexibility index (Phi) is 6.45. The van der Waals surface area contributed by atoms with Crippen LogP contribution in [0.1, 0.15) is 31.8 Å². The summed E-state index contributed by atoms with van der Waals surface area (Å²) in [5.41, 5.74) is 8.26. The van der Waals surface area contributed by atoms with Gasteiger partial charge in [0.25, 0.3) is 11.8 Å². The van der Waals surface area contributed by atoms with Gasteiger partial charge in [-0.25, -0.2) is 0 Å². The van der Waals surface area contributed by atoms with Crippen LogP contribution >= 0.6 is 0 Å². The van der Waals surface area contributed by atoms with Crippen LogP contribution in [-0.4, -0.2) is 17.7 Å². The number of anilines is 1. The normalized spacial score (nSPS) is 10.5. The van der Waals surface area contributed by atoms with E-state index >= 15 is 0 Å². The molecule has 0 bridgehead atoms. The zero-order valence-electron chi connectivity index (χ0n) is 18.1. The summed E-state index contributed by atoms with van der Waals surface area (Å²) >= 11 is 0. The third-order valence-corrected chi connectivity index (χ3v) is 5.23. The highest BCUT2D eigenvalue weighted by molar-refractivity contribution is 6.04. The quantitative estimate of drug-likeness (QED) is 0.404. The van der Waals surface area contributed by atoms with Crippen molar-refractivity contribution >= 4 is 34.2 Å². The fraction of sp³-hybridized carbons (Fsp3) is 0.0741. The Labute approximate surface area is 191 Å². The molecule has 4 aromatic rings. The van der Waals surface area contributed by atoms with E-state index in [0.717, 1.165) is 21.9 Å². The smallest absolute Gasteiger partial charge is 0.269 e. The van der Waals surface area contributed by atoms with Crippen molar-refractivity contribution in [2.45, 2.75) is 13.3 Å². The van der Waals surface area contributed by atoms with E-state index in [2.05, 4.69) is 16.2 Å². The van der Waals surface area contributed by atoms with Gasteiger partial charge in [-0.3, -0.25) is 25.2 Å². The molecule has 0 aliphatic carbocycles. The lowest BCUT2D eigenvalue weighted by Crippen LogP contribution is -2.42. The summed E-state index contributed by atoms with van der Waals surface area (Å²) < 4.78 is 0. The number of rotatable bonds is 5. The Hall–Kier alpha value is -4.45. The van der Waals surface area contributed by atoms with Crippen LogP contribution in [0, 0.1) is 6.92 Å². The molecule has 4 rings (SSSR count). The number of hydrogen-bond donors (Lipinski definition) is 3. The molecule has 0 fully saturated rings. The van der Waals surface area contributed by atoms with E-state index < -0.39 is 5.91 Å². The molecule has 0 radical (unpaired) electrons. The zero-order valence-corrected chi connectivity index (χ0v) is 18.1. The number of benzene rings is 4. The molecule has 3 amide bonds. The van der Waals surface area contributed by atoms with E-state index in [1.807, 2.05) is 61.5 Å². The predicted octanol–water partition coefficient (Wildman–Crippen LogP) is 4.40. The Balaban J connectivity index is 1.32. The number of hydrogen-bond acceptors (Lipinski definition) is 3. The molecule has 0 heterocycles. The maximum atomic E-state index is 12.4. The van der Waals surface area contributed by atoms with Crippen LogP contribution in [0.15, 0.2) is 91.0 Å². The van der Waals surface area contributed by atoms with E-state index in [1.165, 1.54) is 0 Å². The Morgan fingerprint density at radius 1 is 0.697 bits per heavy atom. The second-order valence-corrected chi connectivity index (χ2v) is 7.72. The van der Waals surface area contributed by atoms with Crippen LogP contribution in [0.4, 0.5) is 5.69 Å². The summed E-state index contributed by atoms with van der Waals surface area (Å²) in [6.07, 6.45) is 0.144. The molecule has 0 saturated heterocycles. The van der Waals surface area contributed by atoms with E-state index in [1.54, 1.807) is 36.4 Å². The van der Waals surface area contributed by atoms with Crippen molar-refractivity contribution < 1.29 is 14.4 Å². The molecule has 0 saturated carbocycles. The first-order valence-corrected chi connectivity index (χ1v) is 10.5. The fourth-order valence-electron chi connectivity index (χ4n) is 3.56. The molecule has 164 valence electrons. The zero-order chi connectivity index (χ0) is 23.2. The molecular formula is C27H23N3O3. The maximum absolute atomic E-state index is 12.4. The molecule has 0 atom stereocenters. The number of fused-ring (bicyclic) bond motifs is 1. The Morgan fingerprint density at radius 3 is 2.21 bits per heavy atom. The number of nitrogens with one attached hydrogen (secondary N) is 3. The van der Waals surface area contributed by atoms with Crippen LogP contribution in [0.2, 0.25) is 0 Å². The van der Waals surface area contributed by atoms with Crippen LogP contribution in [0.25, 0.3) is 10.8 Å². The van der Waals surface area contributed by atoms with E-state index in [-0.39, 0.29) is 18.2 Å². The summed E-state index contributed by atoms with van der Waals surface area (Å²) in [5.74, 6) is -0.990. The van der Waals surface area contributed by atoms with Gasteiger partial charge in [-0.05, 0) is 59.7 Å². The fourth-order valence-corrected chi connectivity index (χ4v) is 3.56. The number of hydrazine groups is 1. The van der Waals surface area contributed by atoms with Crippen LogP contribution in [0.3, 0.4) is 0 Å². The first kappa shape index (κ1) is 21.8. The van der Waals surface area contributed by atoms with Gasteiger partial charge in [0, 0.05) is 16.8 Å². The van der Waals surface area contributed by atoms with Gasteiger partial charge < -0.3 is 5.32 Å². The van der Waals surface area contributed by atoms with Crippen molar-refractivity contribution in [3.05, 3.63) is 113 Å². The second kappa shape index (κ2) is 9.78. The molecule has 33 heavy (non-hydrogen) atoms. The molecular weight excluding hydrogens is 414 g/mol. The van der Waals surface area contributed by atoms with Gasteiger partial charge in [-0.1, -0.05) is 60.2 Å². The topological polar surface area (TPSA) is 87.3 Å². The van der Waals surface area contributed by atoms with Crippen molar-refractivity contribution in [3.63, 3.8) is 0 Å². The molecule has 6 nitrogen and oxygen atoms in total. The van der Waals surface area contributed by atoms with Crippen LogP contribution in [-0.2, 0) is 11.2 Å². The molecule has 0 spiro atoms. The SMILES string of the molecule is Cc1cccc(C(=O)Nc2ccc(C(=O)NNC(=O)Cc3cccc4ccccc34)cc2)c1. The molecule has 4 aromatic carbocycles. The minimum atomic E-state index is -0.446. The number of amides is 3. The van der Waals surface area contributed by atoms with Gasteiger partial charge in [0.15, 0.2) is 0 Å². The average Bonchev–Trinajstić information content (AvgIpc) is 2.83. The summed E-state index contributed by atoms with van der Waals surface area (Å²) in [6, 6.07) is 27.4. The summed E-state index contributed by atoms with van der Waals surface area (Å²) in [6.45, 7) is 1.92. The Morgan fingerprint density at radius 2 is 1.42 bits per heavy atom. The van der Waals surface area contributed by atoms with Crippen molar-refractivity contribution in [1.82, 2.24) is 10.9 Å². The van der Waals surface area contributed by atoms with Crippen molar-refractivity contribution in [2.75, 3.05) is 5.32 Å². The molecule has 0 aliphatic heterocycles. The lowest BCUT2D eigenvalue weighted by atomic mass is 10.0. The lowest BCUT2D eigenvalue weighted by Gasteiger charge is -2.10. The third-order valence-electron chi connectivity index (χ3n) is 5.23. The maximum Gasteiger partial charge on any atom is 0.269 e.